The quantitative estimate of drug-likeness (QED) is 0.756. The first-order valence-electron chi connectivity index (χ1n) is 7.55. The molecule has 1 saturated heterocycles. The molecule has 8 heteroatoms. The molecular weight excluding hydrogens is 382 g/mol. The summed E-state index contributed by atoms with van der Waals surface area (Å²) in [5, 5.41) is 0. The Labute approximate surface area is 146 Å². The van der Waals surface area contributed by atoms with Crippen LogP contribution in [0.3, 0.4) is 0 Å². The zero-order valence-corrected chi connectivity index (χ0v) is 16.0. The smallest absolute Gasteiger partial charge is 0.280 e. The van der Waals surface area contributed by atoms with Crippen molar-refractivity contribution in [2.45, 2.75) is 17.9 Å². The van der Waals surface area contributed by atoms with Gasteiger partial charge in [-0.15, -0.1) is 0 Å². The maximum absolute atomic E-state index is 12.7. The van der Waals surface area contributed by atoms with Gasteiger partial charge in [0.25, 0.3) is 5.91 Å². The van der Waals surface area contributed by atoms with Crippen molar-refractivity contribution in [2.24, 2.45) is 0 Å². The summed E-state index contributed by atoms with van der Waals surface area (Å²) in [7, 11) is 0.00903. The number of carbonyl (C=O) groups is 1. The lowest BCUT2D eigenvalue weighted by Crippen LogP contribution is -3.19. The summed E-state index contributed by atoms with van der Waals surface area (Å²) >= 11 is 3.31. The lowest BCUT2D eigenvalue weighted by molar-refractivity contribution is -0.917. The molecule has 0 aromatic heterocycles. The molecule has 1 heterocycles. The van der Waals surface area contributed by atoms with E-state index in [0.29, 0.717) is 31.1 Å². The zero-order chi connectivity index (χ0) is 17.2. The molecule has 1 N–H and O–H groups in total. The van der Waals surface area contributed by atoms with Gasteiger partial charge in [0.1, 0.15) is 0 Å². The standard InChI is InChI=1S/C15H22BrN3O3S/c1-12(15(20)17(2)3)18-7-9-19(10-8-18)23(21,22)14-6-4-5-13(16)11-14/h4-6,11-12H,7-10H2,1-3H3/p+1/t12-/m0/s1. The maximum Gasteiger partial charge on any atom is 0.280 e. The molecule has 0 unspecified atom stereocenters. The molecule has 1 atom stereocenters. The van der Waals surface area contributed by atoms with Crippen LogP contribution in [0.2, 0.25) is 0 Å². The van der Waals surface area contributed by atoms with Crippen LogP contribution < -0.4 is 4.90 Å². The summed E-state index contributed by atoms with van der Waals surface area (Å²) in [4.78, 5) is 15.1. The highest BCUT2D eigenvalue weighted by Crippen LogP contribution is 2.19. The molecule has 1 aromatic rings. The van der Waals surface area contributed by atoms with Crippen molar-refractivity contribution in [1.29, 1.82) is 0 Å². The van der Waals surface area contributed by atoms with Crippen LogP contribution in [0.5, 0.6) is 0 Å². The van der Waals surface area contributed by atoms with Gasteiger partial charge in [0.15, 0.2) is 6.04 Å². The Morgan fingerprint density at radius 3 is 2.43 bits per heavy atom. The Kier molecular flexibility index (Phi) is 5.83. The van der Waals surface area contributed by atoms with Crippen molar-refractivity contribution in [3.05, 3.63) is 28.7 Å². The number of hydrogen-bond acceptors (Lipinski definition) is 3. The number of sulfonamides is 1. The van der Waals surface area contributed by atoms with Crippen LogP contribution in [0.15, 0.2) is 33.6 Å². The lowest BCUT2D eigenvalue weighted by Gasteiger charge is -2.34. The van der Waals surface area contributed by atoms with Crippen molar-refractivity contribution in [2.75, 3.05) is 40.3 Å². The average molecular weight is 405 g/mol. The fourth-order valence-electron chi connectivity index (χ4n) is 2.79. The fourth-order valence-corrected chi connectivity index (χ4v) is 4.82. The number of nitrogens with zero attached hydrogens (tertiary/aromatic N) is 2. The third kappa shape index (κ3) is 4.12. The summed E-state index contributed by atoms with van der Waals surface area (Å²) < 4.78 is 27.6. The van der Waals surface area contributed by atoms with Crippen LogP contribution >= 0.6 is 15.9 Å². The number of amides is 1. The molecule has 0 bridgehead atoms. The zero-order valence-electron chi connectivity index (χ0n) is 13.6. The summed E-state index contributed by atoms with van der Waals surface area (Å²) in [5.41, 5.74) is 0. The molecule has 1 aliphatic heterocycles. The highest BCUT2D eigenvalue weighted by atomic mass is 79.9. The van der Waals surface area contributed by atoms with Gasteiger partial charge in [-0.3, -0.25) is 4.79 Å². The first-order chi connectivity index (χ1) is 10.7. The Hall–Kier alpha value is -0.960. The second-order valence-electron chi connectivity index (χ2n) is 5.97. The molecule has 128 valence electrons. The first-order valence-corrected chi connectivity index (χ1v) is 9.78. The number of quaternary nitrogens is 1. The molecule has 0 aliphatic carbocycles. The molecule has 0 radical (unpaired) electrons. The summed E-state index contributed by atoms with van der Waals surface area (Å²) in [6.07, 6.45) is 0. The number of rotatable bonds is 4. The minimum Gasteiger partial charge on any atom is -0.344 e. The van der Waals surface area contributed by atoms with Gasteiger partial charge < -0.3 is 9.80 Å². The van der Waals surface area contributed by atoms with Gasteiger partial charge in [-0.05, 0) is 25.1 Å². The van der Waals surface area contributed by atoms with E-state index >= 15 is 0 Å². The molecular formula is C15H23BrN3O3S+. The molecule has 1 fully saturated rings. The second-order valence-corrected chi connectivity index (χ2v) is 8.83. The number of carbonyl (C=O) groups excluding carboxylic acids is 1. The van der Waals surface area contributed by atoms with E-state index in [-0.39, 0.29) is 11.9 Å². The van der Waals surface area contributed by atoms with E-state index in [4.69, 9.17) is 0 Å². The highest BCUT2D eigenvalue weighted by Gasteiger charge is 2.34. The molecule has 6 nitrogen and oxygen atoms in total. The minimum absolute atomic E-state index is 0.0725. The van der Waals surface area contributed by atoms with Crippen molar-refractivity contribution < 1.29 is 18.1 Å². The molecule has 1 aliphatic rings. The molecule has 0 spiro atoms. The first kappa shape index (κ1) is 18.4. The van der Waals surface area contributed by atoms with Gasteiger partial charge in [-0.1, -0.05) is 22.0 Å². The third-order valence-corrected chi connectivity index (χ3v) is 6.61. The predicted molar refractivity (Wildman–Crippen MR) is 91.8 cm³/mol. The predicted octanol–water partition coefficient (Wildman–Crippen LogP) is -0.185. The van der Waals surface area contributed by atoms with Crippen LogP contribution in [0.4, 0.5) is 0 Å². The molecule has 1 aromatic carbocycles. The number of benzene rings is 1. The number of likely N-dealkylation sites (N-methyl/N-ethyl adjacent to an activating group) is 1. The van der Waals surface area contributed by atoms with E-state index in [0.717, 1.165) is 9.37 Å². The van der Waals surface area contributed by atoms with Gasteiger partial charge in [0.2, 0.25) is 10.0 Å². The SMILES string of the molecule is C[C@@H](C(=O)N(C)C)[NH+]1CCN(S(=O)(=O)c2cccc(Br)c2)CC1. The van der Waals surface area contributed by atoms with Crippen molar-refractivity contribution in [3.8, 4) is 0 Å². The molecule has 2 rings (SSSR count). The van der Waals surface area contributed by atoms with Gasteiger partial charge in [-0.2, -0.15) is 4.31 Å². The van der Waals surface area contributed by atoms with Gasteiger partial charge in [-0.25, -0.2) is 8.42 Å². The monoisotopic (exact) mass is 404 g/mol. The van der Waals surface area contributed by atoms with Gasteiger partial charge >= 0.3 is 0 Å². The van der Waals surface area contributed by atoms with Crippen molar-refractivity contribution >= 4 is 31.9 Å². The van der Waals surface area contributed by atoms with E-state index in [2.05, 4.69) is 15.9 Å². The number of hydrogen-bond donors (Lipinski definition) is 1. The lowest BCUT2D eigenvalue weighted by atomic mass is 10.2. The van der Waals surface area contributed by atoms with E-state index < -0.39 is 10.0 Å². The van der Waals surface area contributed by atoms with Crippen LogP contribution in [0.25, 0.3) is 0 Å². The van der Waals surface area contributed by atoms with E-state index in [9.17, 15) is 13.2 Å². The summed E-state index contributed by atoms with van der Waals surface area (Å²) in [6, 6.07) is 6.59. The number of nitrogens with one attached hydrogen (secondary N) is 1. The molecule has 0 saturated carbocycles. The Morgan fingerprint density at radius 1 is 1.30 bits per heavy atom. The highest BCUT2D eigenvalue weighted by molar-refractivity contribution is 9.10. The molecule has 1 amide bonds. The van der Waals surface area contributed by atoms with Crippen molar-refractivity contribution in [1.82, 2.24) is 9.21 Å². The van der Waals surface area contributed by atoms with Crippen LogP contribution in [0, 0.1) is 0 Å². The van der Waals surface area contributed by atoms with Crippen molar-refractivity contribution in [3.63, 3.8) is 0 Å². The van der Waals surface area contributed by atoms with E-state index in [1.165, 1.54) is 4.31 Å². The number of piperazine rings is 1. The average Bonchev–Trinajstić information content (AvgIpc) is 2.53. The topological polar surface area (TPSA) is 62.1 Å². The number of halogens is 1. The fraction of sp³-hybridized carbons (Fsp3) is 0.533. The minimum atomic E-state index is -3.48. The van der Waals surface area contributed by atoms with E-state index in [1.807, 2.05) is 6.92 Å². The Bertz CT molecular complexity index is 670. The second kappa shape index (κ2) is 7.29. The summed E-state index contributed by atoms with van der Waals surface area (Å²) in [5.74, 6) is 0.0725. The maximum atomic E-state index is 12.7. The molecule has 23 heavy (non-hydrogen) atoms. The summed E-state index contributed by atoms with van der Waals surface area (Å²) in [6.45, 7) is 4.02. The van der Waals surface area contributed by atoms with Crippen LogP contribution in [0.1, 0.15) is 6.92 Å². The van der Waals surface area contributed by atoms with E-state index in [1.54, 1.807) is 43.3 Å². The largest absolute Gasteiger partial charge is 0.344 e. The Balaban J connectivity index is 2.05. The Morgan fingerprint density at radius 2 is 1.91 bits per heavy atom. The van der Waals surface area contributed by atoms with Crippen LogP contribution in [-0.4, -0.2) is 69.8 Å². The van der Waals surface area contributed by atoms with Crippen LogP contribution in [-0.2, 0) is 14.8 Å². The normalized spacial score (nSPS) is 18.6. The van der Waals surface area contributed by atoms with Gasteiger partial charge in [0, 0.05) is 18.6 Å². The third-order valence-electron chi connectivity index (χ3n) is 4.22. The van der Waals surface area contributed by atoms with Gasteiger partial charge in [0.05, 0.1) is 31.1 Å².